The number of methoxy groups -OCH3 is 1. The number of hydrogen-bond acceptors (Lipinski definition) is 4. The van der Waals surface area contributed by atoms with Crippen molar-refractivity contribution in [2.75, 3.05) is 20.3 Å². The second-order valence-electron chi connectivity index (χ2n) is 5.71. The van der Waals surface area contributed by atoms with Crippen molar-refractivity contribution in [3.63, 3.8) is 0 Å². The minimum atomic E-state index is -1.63. The number of alkyl halides is 1. The monoisotopic (exact) mass is 313 g/mol. The number of aliphatic imine (C=N–C) groups is 1. The van der Waals surface area contributed by atoms with Gasteiger partial charge >= 0.3 is 0 Å². The van der Waals surface area contributed by atoms with Crippen molar-refractivity contribution in [2.24, 2.45) is 4.99 Å². The van der Waals surface area contributed by atoms with Crippen LogP contribution in [0.2, 0.25) is 0 Å². The van der Waals surface area contributed by atoms with Crippen LogP contribution in [0.15, 0.2) is 53.5 Å². The number of ether oxygens (including phenoxy) is 3. The fourth-order valence-electron chi connectivity index (χ4n) is 2.92. The van der Waals surface area contributed by atoms with Crippen LogP contribution in [0.3, 0.4) is 0 Å². The van der Waals surface area contributed by atoms with Gasteiger partial charge < -0.3 is 14.2 Å². The van der Waals surface area contributed by atoms with Gasteiger partial charge in [-0.05, 0) is 30.3 Å². The van der Waals surface area contributed by atoms with Gasteiger partial charge in [-0.15, -0.1) is 0 Å². The van der Waals surface area contributed by atoms with Crippen LogP contribution in [-0.2, 0) is 4.74 Å². The molecule has 2 atom stereocenters. The van der Waals surface area contributed by atoms with Crippen molar-refractivity contribution in [2.45, 2.75) is 11.8 Å². The number of nitrogens with zero attached hydrogens (tertiary/aromatic N) is 1. The summed E-state index contributed by atoms with van der Waals surface area (Å²) in [6, 6.07) is 14.8. The third kappa shape index (κ3) is 2.32. The fraction of sp³-hybridized carbons (Fsp3) is 0.278. The third-order valence-corrected chi connectivity index (χ3v) is 4.19. The zero-order valence-corrected chi connectivity index (χ0v) is 12.7. The van der Waals surface area contributed by atoms with Gasteiger partial charge in [-0.3, -0.25) is 0 Å². The van der Waals surface area contributed by atoms with Crippen LogP contribution < -0.4 is 9.47 Å². The van der Waals surface area contributed by atoms with Crippen LogP contribution in [0.1, 0.15) is 17.2 Å². The Morgan fingerprint density at radius 3 is 2.74 bits per heavy atom. The molecule has 23 heavy (non-hydrogen) atoms. The Labute approximate surface area is 133 Å². The predicted molar refractivity (Wildman–Crippen MR) is 84.0 cm³/mol. The van der Waals surface area contributed by atoms with Crippen molar-refractivity contribution in [1.82, 2.24) is 0 Å². The molecule has 0 saturated carbocycles. The van der Waals surface area contributed by atoms with Gasteiger partial charge in [0.1, 0.15) is 18.1 Å². The Kier molecular flexibility index (Phi) is 3.22. The standard InChI is InChI=1S/C18H16FNO3/c1-21-13-8-6-12(7-9-13)17-20-10-18(19)11-22-15-5-3-2-4-14(15)16(18)23-17/h2-9,16H,10-11H2,1H3/t16-,18-/m1/s1. The quantitative estimate of drug-likeness (QED) is 0.854. The van der Waals surface area contributed by atoms with Gasteiger partial charge in [-0.1, -0.05) is 18.2 Å². The molecule has 0 radical (unpaired) electrons. The van der Waals surface area contributed by atoms with Crippen molar-refractivity contribution in [3.05, 3.63) is 59.7 Å². The molecule has 2 aliphatic heterocycles. The molecule has 4 nitrogen and oxygen atoms in total. The number of para-hydroxylation sites is 1. The molecule has 2 aromatic rings. The van der Waals surface area contributed by atoms with E-state index in [0.717, 1.165) is 16.9 Å². The minimum absolute atomic E-state index is 0.0212. The minimum Gasteiger partial charge on any atom is -0.497 e. The Balaban J connectivity index is 1.69. The number of benzene rings is 2. The molecule has 0 spiro atoms. The number of halogens is 1. The molecule has 0 aromatic heterocycles. The van der Waals surface area contributed by atoms with Gasteiger partial charge in [-0.25, -0.2) is 9.38 Å². The lowest BCUT2D eigenvalue weighted by Gasteiger charge is -2.40. The summed E-state index contributed by atoms with van der Waals surface area (Å²) in [5.74, 6) is 1.87. The van der Waals surface area contributed by atoms with E-state index in [2.05, 4.69) is 4.99 Å². The fourth-order valence-corrected chi connectivity index (χ4v) is 2.92. The van der Waals surface area contributed by atoms with E-state index in [9.17, 15) is 0 Å². The van der Waals surface area contributed by atoms with E-state index in [1.165, 1.54) is 0 Å². The molecular formula is C18H16FNO3. The summed E-state index contributed by atoms with van der Waals surface area (Å²) in [6.07, 6.45) is -0.706. The van der Waals surface area contributed by atoms with E-state index in [1.54, 1.807) is 7.11 Å². The highest BCUT2D eigenvalue weighted by Crippen LogP contribution is 2.44. The first-order valence-corrected chi connectivity index (χ1v) is 7.46. The molecule has 0 unspecified atom stereocenters. The molecule has 0 saturated heterocycles. The van der Waals surface area contributed by atoms with Crippen LogP contribution in [0.4, 0.5) is 4.39 Å². The molecule has 2 heterocycles. The molecular weight excluding hydrogens is 297 g/mol. The molecule has 4 rings (SSSR count). The molecule has 118 valence electrons. The Bertz CT molecular complexity index is 759. The van der Waals surface area contributed by atoms with Crippen molar-refractivity contribution in [3.8, 4) is 11.5 Å². The summed E-state index contributed by atoms with van der Waals surface area (Å²) in [5, 5.41) is 0. The van der Waals surface area contributed by atoms with Crippen molar-refractivity contribution >= 4 is 5.90 Å². The van der Waals surface area contributed by atoms with Gasteiger partial charge in [0.05, 0.1) is 13.7 Å². The lowest BCUT2D eigenvalue weighted by molar-refractivity contribution is -0.0535. The molecule has 2 aromatic carbocycles. The second-order valence-corrected chi connectivity index (χ2v) is 5.71. The molecule has 2 aliphatic rings. The molecule has 0 fully saturated rings. The SMILES string of the molecule is COc1ccc(C2=NC[C@@]3(F)COc4ccccc4[C@H]3O2)cc1. The van der Waals surface area contributed by atoms with Crippen LogP contribution in [0.25, 0.3) is 0 Å². The summed E-state index contributed by atoms with van der Waals surface area (Å²) in [7, 11) is 1.61. The highest BCUT2D eigenvalue weighted by molar-refractivity contribution is 5.95. The maximum absolute atomic E-state index is 15.1. The summed E-state index contributed by atoms with van der Waals surface area (Å²) in [4.78, 5) is 4.28. The van der Waals surface area contributed by atoms with E-state index in [0.29, 0.717) is 11.6 Å². The molecule has 0 amide bonds. The molecule has 0 bridgehead atoms. The van der Waals surface area contributed by atoms with Gasteiger partial charge in [0.25, 0.3) is 0 Å². The van der Waals surface area contributed by atoms with Gasteiger partial charge in [0.15, 0.2) is 6.10 Å². The number of hydrogen-bond donors (Lipinski definition) is 0. The van der Waals surface area contributed by atoms with E-state index < -0.39 is 11.8 Å². The highest BCUT2D eigenvalue weighted by atomic mass is 19.1. The predicted octanol–water partition coefficient (Wildman–Crippen LogP) is 3.31. The van der Waals surface area contributed by atoms with E-state index in [-0.39, 0.29) is 13.2 Å². The normalized spacial score (nSPS) is 25.3. The molecule has 5 heteroatoms. The van der Waals surface area contributed by atoms with Crippen molar-refractivity contribution in [1.29, 1.82) is 0 Å². The Hall–Kier alpha value is -2.56. The average Bonchev–Trinajstić information content (AvgIpc) is 2.61. The lowest BCUT2D eigenvalue weighted by atomic mass is 9.89. The van der Waals surface area contributed by atoms with Gasteiger partial charge in [0, 0.05) is 11.1 Å². The maximum Gasteiger partial charge on any atom is 0.216 e. The lowest BCUT2D eigenvalue weighted by Crippen LogP contribution is -2.48. The number of fused-ring (bicyclic) bond motifs is 3. The first kappa shape index (κ1) is 14.1. The Morgan fingerprint density at radius 2 is 1.96 bits per heavy atom. The summed E-state index contributed by atoms with van der Waals surface area (Å²) >= 11 is 0. The first-order chi connectivity index (χ1) is 11.2. The average molecular weight is 313 g/mol. The third-order valence-electron chi connectivity index (χ3n) is 4.19. The number of rotatable bonds is 2. The zero-order valence-electron chi connectivity index (χ0n) is 12.7. The van der Waals surface area contributed by atoms with Crippen LogP contribution in [-0.4, -0.2) is 31.8 Å². The second kappa shape index (κ2) is 5.26. The maximum atomic E-state index is 15.1. The summed E-state index contributed by atoms with van der Waals surface area (Å²) in [6.45, 7) is -0.0264. The first-order valence-electron chi connectivity index (χ1n) is 7.46. The van der Waals surface area contributed by atoms with Crippen LogP contribution >= 0.6 is 0 Å². The Morgan fingerprint density at radius 1 is 1.17 bits per heavy atom. The largest absolute Gasteiger partial charge is 0.497 e. The van der Waals surface area contributed by atoms with Crippen molar-refractivity contribution < 1.29 is 18.6 Å². The topological polar surface area (TPSA) is 40.0 Å². The highest BCUT2D eigenvalue weighted by Gasteiger charge is 2.50. The van der Waals surface area contributed by atoms with Gasteiger partial charge in [0.2, 0.25) is 11.6 Å². The van der Waals surface area contributed by atoms with E-state index in [1.807, 2.05) is 48.5 Å². The summed E-state index contributed by atoms with van der Waals surface area (Å²) < 4.78 is 31.7. The van der Waals surface area contributed by atoms with Gasteiger partial charge in [-0.2, -0.15) is 0 Å². The van der Waals surface area contributed by atoms with Crippen LogP contribution in [0.5, 0.6) is 11.5 Å². The zero-order chi connectivity index (χ0) is 15.9. The smallest absolute Gasteiger partial charge is 0.216 e. The molecule has 0 aliphatic carbocycles. The molecule has 0 N–H and O–H groups in total. The van der Waals surface area contributed by atoms with Crippen LogP contribution in [0, 0.1) is 0 Å². The van der Waals surface area contributed by atoms with E-state index in [4.69, 9.17) is 14.2 Å². The van der Waals surface area contributed by atoms with E-state index >= 15 is 4.39 Å². The summed E-state index contributed by atoms with van der Waals surface area (Å²) in [5.41, 5.74) is -0.108.